The predicted octanol–water partition coefficient (Wildman–Crippen LogP) is 7.38. The van der Waals surface area contributed by atoms with Crippen molar-refractivity contribution >= 4 is 55.1 Å². The highest BCUT2D eigenvalue weighted by Crippen LogP contribution is 2.31. The summed E-state index contributed by atoms with van der Waals surface area (Å²) in [5.74, 6) is 0. The highest BCUT2D eigenvalue weighted by Gasteiger charge is 2.02. The van der Waals surface area contributed by atoms with Crippen molar-refractivity contribution in [2.24, 2.45) is 0 Å². The van der Waals surface area contributed by atoms with Crippen molar-refractivity contribution in [3.05, 3.63) is 95.4 Å². The molecule has 5 rings (SSSR count). The Kier molecular flexibility index (Phi) is 3.39. The Bertz CT molecular complexity index is 1190. The molecule has 0 amide bonds. The first-order chi connectivity index (χ1) is 12.3. The molecule has 0 N–H and O–H groups in total. The Labute approximate surface area is 150 Å². The van der Waals surface area contributed by atoms with Crippen LogP contribution in [0.3, 0.4) is 0 Å². The van der Waals surface area contributed by atoms with E-state index in [0.29, 0.717) is 0 Å². The highest BCUT2D eigenvalue weighted by atomic mass is 32.1. The average molecular weight is 336 g/mol. The van der Waals surface area contributed by atoms with Crippen LogP contribution in [0.2, 0.25) is 0 Å². The predicted molar refractivity (Wildman–Crippen MR) is 112 cm³/mol. The monoisotopic (exact) mass is 336 g/mol. The minimum Gasteiger partial charge on any atom is -0.136 e. The van der Waals surface area contributed by atoms with Crippen LogP contribution in [0, 0.1) is 0 Å². The molecule has 0 saturated carbocycles. The van der Waals surface area contributed by atoms with Crippen LogP contribution in [0.25, 0.3) is 43.8 Å². The van der Waals surface area contributed by atoms with Gasteiger partial charge in [-0.2, -0.15) is 0 Å². The van der Waals surface area contributed by atoms with Gasteiger partial charge >= 0.3 is 0 Å². The molecule has 0 saturated heterocycles. The third-order valence-corrected chi connectivity index (χ3v) is 5.68. The molecule has 1 aromatic heterocycles. The van der Waals surface area contributed by atoms with E-state index in [1.165, 1.54) is 42.1 Å². The molecule has 118 valence electrons. The first kappa shape index (κ1) is 14.4. The summed E-state index contributed by atoms with van der Waals surface area (Å²) in [5.41, 5.74) is 1.24. The summed E-state index contributed by atoms with van der Waals surface area (Å²) in [5, 5.41) is 6.50. The second-order valence-corrected chi connectivity index (χ2v) is 7.44. The van der Waals surface area contributed by atoms with Gasteiger partial charge in [0, 0.05) is 9.58 Å². The minimum atomic E-state index is 1.24. The Hall–Kier alpha value is -2.90. The zero-order valence-electron chi connectivity index (χ0n) is 13.6. The molecule has 0 fully saturated rings. The van der Waals surface area contributed by atoms with Gasteiger partial charge in [-0.05, 0) is 62.8 Å². The summed E-state index contributed by atoms with van der Waals surface area (Å²) in [4.78, 5) is 1.29. The Morgan fingerprint density at radius 1 is 0.520 bits per heavy atom. The molecule has 0 nitrogen and oxygen atoms in total. The Morgan fingerprint density at radius 2 is 1.20 bits per heavy atom. The van der Waals surface area contributed by atoms with Crippen LogP contribution in [-0.4, -0.2) is 0 Å². The molecule has 0 aliphatic heterocycles. The second-order valence-electron chi connectivity index (χ2n) is 6.33. The van der Waals surface area contributed by atoms with Crippen LogP contribution in [-0.2, 0) is 0 Å². The molecule has 0 unspecified atom stereocenters. The molecular formula is C24H16S. The molecule has 25 heavy (non-hydrogen) atoms. The van der Waals surface area contributed by atoms with Gasteiger partial charge in [-0.25, -0.2) is 0 Å². The van der Waals surface area contributed by atoms with E-state index in [-0.39, 0.29) is 0 Å². The fourth-order valence-corrected chi connectivity index (χ4v) is 4.32. The number of fused-ring (bicyclic) bond motifs is 3. The molecule has 1 heteroatoms. The maximum absolute atomic E-state index is 2.29. The van der Waals surface area contributed by atoms with E-state index in [1.54, 1.807) is 0 Å². The number of rotatable bonds is 2. The molecule has 0 radical (unpaired) electrons. The third-order valence-electron chi connectivity index (χ3n) is 4.62. The van der Waals surface area contributed by atoms with Crippen LogP contribution in [0.15, 0.2) is 84.9 Å². The van der Waals surface area contributed by atoms with E-state index >= 15 is 0 Å². The normalized spacial score (nSPS) is 11.8. The minimum absolute atomic E-state index is 1.24. The largest absolute Gasteiger partial charge is 0.136 e. The van der Waals surface area contributed by atoms with Gasteiger partial charge in [0.1, 0.15) is 0 Å². The van der Waals surface area contributed by atoms with Crippen molar-refractivity contribution in [1.29, 1.82) is 0 Å². The van der Waals surface area contributed by atoms with Gasteiger partial charge < -0.3 is 0 Å². The lowest BCUT2D eigenvalue weighted by atomic mass is 10.1. The third kappa shape index (κ3) is 2.73. The van der Waals surface area contributed by atoms with Crippen LogP contribution in [0.4, 0.5) is 0 Å². The number of hydrogen-bond acceptors (Lipinski definition) is 1. The van der Waals surface area contributed by atoms with E-state index in [1.807, 2.05) is 11.3 Å². The summed E-state index contributed by atoms with van der Waals surface area (Å²) in [6.45, 7) is 0. The SMILES string of the molecule is C(=C\c1cc2cc3ccccc3cc2s1)/c1ccc2ccccc2c1. The van der Waals surface area contributed by atoms with Crippen LogP contribution in [0.5, 0.6) is 0 Å². The van der Waals surface area contributed by atoms with Gasteiger partial charge in [-0.1, -0.05) is 66.7 Å². The van der Waals surface area contributed by atoms with Crippen molar-refractivity contribution in [3.8, 4) is 0 Å². The molecule has 0 bridgehead atoms. The average Bonchev–Trinajstić information content (AvgIpc) is 3.06. The van der Waals surface area contributed by atoms with Crippen LogP contribution < -0.4 is 0 Å². The molecular weight excluding hydrogens is 320 g/mol. The zero-order chi connectivity index (χ0) is 16.6. The summed E-state index contributed by atoms with van der Waals surface area (Å²) in [6, 6.07) is 30.5. The van der Waals surface area contributed by atoms with Crippen molar-refractivity contribution in [3.63, 3.8) is 0 Å². The Balaban J connectivity index is 1.53. The van der Waals surface area contributed by atoms with Crippen molar-refractivity contribution in [2.75, 3.05) is 0 Å². The lowest BCUT2D eigenvalue weighted by Crippen LogP contribution is -1.74. The maximum atomic E-state index is 2.29. The summed E-state index contributed by atoms with van der Waals surface area (Å²) < 4.78 is 1.34. The van der Waals surface area contributed by atoms with E-state index < -0.39 is 0 Å². The first-order valence-corrected chi connectivity index (χ1v) is 9.26. The molecule has 1 heterocycles. The van der Waals surface area contributed by atoms with Crippen molar-refractivity contribution in [1.82, 2.24) is 0 Å². The molecule has 0 aliphatic rings. The van der Waals surface area contributed by atoms with Crippen molar-refractivity contribution < 1.29 is 0 Å². The zero-order valence-corrected chi connectivity index (χ0v) is 14.5. The van der Waals surface area contributed by atoms with E-state index in [0.717, 1.165) is 0 Å². The van der Waals surface area contributed by atoms with E-state index in [9.17, 15) is 0 Å². The summed E-state index contributed by atoms with van der Waals surface area (Å²) in [7, 11) is 0. The van der Waals surface area contributed by atoms with Gasteiger partial charge in [-0.3, -0.25) is 0 Å². The van der Waals surface area contributed by atoms with Gasteiger partial charge in [-0.15, -0.1) is 11.3 Å². The molecule has 4 aromatic carbocycles. The van der Waals surface area contributed by atoms with Crippen LogP contribution >= 0.6 is 11.3 Å². The van der Waals surface area contributed by atoms with E-state index in [2.05, 4.69) is 97.1 Å². The fraction of sp³-hybridized carbons (Fsp3) is 0. The smallest absolute Gasteiger partial charge is 0.0355 e. The number of thiophene rings is 1. The summed E-state index contributed by atoms with van der Waals surface area (Å²) >= 11 is 1.85. The number of hydrogen-bond donors (Lipinski definition) is 0. The van der Waals surface area contributed by atoms with Crippen LogP contribution in [0.1, 0.15) is 10.4 Å². The van der Waals surface area contributed by atoms with Gasteiger partial charge in [0.2, 0.25) is 0 Å². The lowest BCUT2D eigenvalue weighted by Gasteiger charge is -1.98. The topological polar surface area (TPSA) is 0 Å². The number of benzene rings is 4. The second kappa shape index (κ2) is 5.87. The van der Waals surface area contributed by atoms with Gasteiger partial charge in [0.05, 0.1) is 0 Å². The van der Waals surface area contributed by atoms with Gasteiger partial charge in [0.25, 0.3) is 0 Å². The fourth-order valence-electron chi connectivity index (χ4n) is 3.32. The summed E-state index contributed by atoms with van der Waals surface area (Å²) in [6.07, 6.45) is 4.43. The molecule has 5 aromatic rings. The first-order valence-electron chi connectivity index (χ1n) is 8.44. The molecule has 0 spiro atoms. The quantitative estimate of drug-likeness (QED) is 0.315. The van der Waals surface area contributed by atoms with Crippen molar-refractivity contribution in [2.45, 2.75) is 0 Å². The highest BCUT2D eigenvalue weighted by molar-refractivity contribution is 7.20. The molecule has 0 aliphatic carbocycles. The van der Waals surface area contributed by atoms with E-state index in [4.69, 9.17) is 0 Å². The maximum Gasteiger partial charge on any atom is 0.0355 e. The standard InChI is InChI=1S/C24H16S/c1-2-6-19-13-17(9-11-18(19)5-1)10-12-23-15-22-14-20-7-3-4-8-21(20)16-24(22)25-23/h1-16H/b12-10+. The molecule has 0 atom stereocenters. The lowest BCUT2D eigenvalue weighted by molar-refractivity contribution is 1.71. The Morgan fingerprint density at radius 3 is 2.00 bits per heavy atom. The van der Waals surface area contributed by atoms with Gasteiger partial charge in [0.15, 0.2) is 0 Å².